The maximum absolute atomic E-state index is 13.0. The normalized spacial score (nSPS) is 12.0. The van der Waals surface area contributed by atoms with Crippen molar-refractivity contribution in [2.24, 2.45) is 0 Å². The summed E-state index contributed by atoms with van der Waals surface area (Å²) in [5.74, 6) is -5.40. The number of benzene rings is 1. The molecule has 49 heavy (non-hydrogen) atoms. The molecular weight excluding hydrogens is 644 g/mol. The highest BCUT2D eigenvalue weighted by atomic mass is 17.4. The molecule has 0 aliphatic carbocycles. The van der Waals surface area contributed by atoms with E-state index in [0.717, 1.165) is 0 Å². The molecule has 1 aromatic rings. The number of ether oxygens (including phenoxy) is 1. The highest BCUT2D eigenvalue weighted by molar-refractivity contribution is 6.33. The Balaban J connectivity index is 3.18. The first kappa shape index (κ1) is 43.0. The molecule has 276 valence electrons. The van der Waals surface area contributed by atoms with Crippen molar-refractivity contribution in [1.29, 1.82) is 0 Å². The molecule has 1 rings (SSSR count). The van der Waals surface area contributed by atoms with E-state index in [0.29, 0.717) is 31.7 Å². The van der Waals surface area contributed by atoms with Gasteiger partial charge in [-0.1, -0.05) is 62.9 Å². The van der Waals surface area contributed by atoms with E-state index in [1.807, 2.05) is 20.8 Å². The molecule has 0 aliphatic heterocycles. The maximum Gasteiger partial charge on any atom is 0.396 e. The highest BCUT2D eigenvalue weighted by Crippen LogP contribution is 2.19. The van der Waals surface area contributed by atoms with Crippen molar-refractivity contribution in [1.82, 2.24) is 25.3 Å². The topological polar surface area (TPSA) is 182 Å². The molecule has 1 atom stereocenters. The third-order valence-corrected chi connectivity index (χ3v) is 6.92. The predicted octanol–water partition coefficient (Wildman–Crippen LogP) is 0.152. The van der Waals surface area contributed by atoms with Gasteiger partial charge in [0.15, 0.2) is 6.10 Å². The first-order valence-corrected chi connectivity index (χ1v) is 16.3. The first-order chi connectivity index (χ1) is 23.3. The quantitative estimate of drug-likeness (QED) is 0.0609. The lowest BCUT2D eigenvalue weighted by molar-refractivity contribution is -1.45. The number of rotatable bonds is 25. The zero-order chi connectivity index (χ0) is 36.8. The van der Waals surface area contributed by atoms with Gasteiger partial charge in [-0.3, -0.25) is 19.4 Å². The van der Waals surface area contributed by atoms with Crippen molar-refractivity contribution in [3.05, 3.63) is 35.9 Å². The molecular formula is C32H53N6O11+. The highest BCUT2D eigenvalue weighted by Gasteiger charge is 2.51. The van der Waals surface area contributed by atoms with Gasteiger partial charge in [-0.15, -0.1) is 14.5 Å². The molecule has 0 saturated carbocycles. The summed E-state index contributed by atoms with van der Waals surface area (Å²) in [4.78, 5) is 103. The Morgan fingerprint density at radius 1 is 0.755 bits per heavy atom. The van der Waals surface area contributed by atoms with Gasteiger partial charge in [-0.25, -0.2) is 19.2 Å². The summed E-state index contributed by atoms with van der Waals surface area (Å²) < 4.78 is 5.03. The Bertz CT molecular complexity index is 1180. The molecule has 17 nitrogen and oxygen atoms in total. The third kappa shape index (κ3) is 18.4. The fourth-order valence-electron chi connectivity index (χ4n) is 3.72. The predicted molar refractivity (Wildman–Crippen MR) is 175 cm³/mol. The Kier molecular flexibility index (Phi) is 20.5. The van der Waals surface area contributed by atoms with Crippen molar-refractivity contribution in [2.75, 3.05) is 80.0 Å². The number of nitrogens with one attached hydrogen (secondary N) is 2. The lowest BCUT2D eigenvalue weighted by Gasteiger charge is -2.29. The Morgan fingerprint density at radius 3 is 1.84 bits per heavy atom. The number of ketones is 1. The van der Waals surface area contributed by atoms with E-state index in [-0.39, 0.29) is 45.8 Å². The molecule has 2 N–H and O–H groups in total. The summed E-state index contributed by atoms with van der Waals surface area (Å²) in [6.45, 7) is 7.96. The van der Waals surface area contributed by atoms with Crippen molar-refractivity contribution < 1.29 is 58.0 Å². The number of carbonyl (C=O) groups excluding carboxylic acids is 6. The van der Waals surface area contributed by atoms with Crippen LogP contribution in [0.3, 0.4) is 0 Å². The molecule has 0 heterocycles. The minimum atomic E-state index is -2.04. The lowest BCUT2D eigenvalue weighted by Crippen LogP contribution is -2.58. The average Bonchev–Trinajstić information content (AvgIpc) is 3.07. The van der Waals surface area contributed by atoms with Gasteiger partial charge in [-0.2, -0.15) is 0 Å². The number of carbonyl (C=O) groups is 6. The molecule has 0 spiro atoms. The standard InChI is InChI=1S/C32H52N6O11/c1-8-33-20-29(41)47-38(48-30(42)22-36(6)10-3,49-31(43)23-37(7)11-4)46-26(21-35(5)9-2)19-34-28(40)18-17-27(39)32(44)45-24-25-15-13-12-14-16-25/h12-16,26,33H,8-11,17-24H2,1-7H3/p+1. The van der Waals surface area contributed by atoms with Crippen molar-refractivity contribution in [2.45, 2.75) is 53.2 Å². The van der Waals surface area contributed by atoms with Crippen LogP contribution in [0.5, 0.6) is 0 Å². The zero-order valence-corrected chi connectivity index (χ0v) is 29.7. The van der Waals surface area contributed by atoms with Crippen molar-refractivity contribution in [3.63, 3.8) is 0 Å². The summed E-state index contributed by atoms with van der Waals surface area (Å²) in [6.07, 6.45) is -1.86. The number of hydrogen-bond donors (Lipinski definition) is 2. The number of hydrogen-bond acceptors (Lipinski definition) is 15. The second-order valence-electron chi connectivity index (χ2n) is 11.1. The number of esters is 1. The van der Waals surface area contributed by atoms with E-state index < -0.39 is 53.2 Å². The lowest BCUT2D eigenvalue weighted by atomic mass is 10.2. The van der Waals surface area contributed by atoms with Gasteiger partial charge < -0.3 is 20.3 Å². The second kappa shape index (κ2) is 23.4. The van der Waals surface area contributed by atoms with Crippen LogP contribution in [0.25, 0.3) is 0 Å². The molecule has 1 amide bonds. The van der Waals surface area contributed by atoms with Crippen LogP contribution in [0.15, 0.2) is 30.3 Å². The number of Topliss-reactive ketones (excluding diaryl/α,β-unsaturated/α-hetero) is 1. The SMILES string of the molecule is CCNCC(=O)O[N+](OC(=O)CN(C)CC)(OC(=O)CN(C)CC)OC(CNC(=O)CCC(=O)C(=O)OCc1ccccc1)CN(C)CC. The smallest absolute Gasteiger partial charge is 0.396 e. The number of nitrogens with zero attached hydrogens (tertiary/aromatic N) is 4. The summed E-state index contributed by atoms with van der Waals surface area (Å²) in [7, 11) is 5.05. The van der Waals surface area contributed by atoms with Gasteiger partial charge in [0, 0.05) is 19.4 Å². The molecule has 0 fully saturated rings. The third-order valence-electron chi connectivity index (χ3n) is 6.92. The van der Waals surface area contributed by atoms with Crippen LogP contribution in [-0.2, 0) is 59.5 Å². The summed E-state index contributed by atoms with van der Waals surface area (Å²) >= 11 is 0. The summed E-state index contributed by atoms with van der Waals surface area (Å²) in [6, 6.07) is 8.83. The van der Waals surface area contributed by atoms with Crippen LogP contribution in [0.1, 0.15) is 46.1 Å². The summed E-state index contributed by atoms with van der Waals surface area (Å²) in [5, 5.41) is 3.35. The molecule has 0 aliphatic rings. The van der Waals surface area contributed by atoms with Crippen LogP contribution in [0.4, 0.5) is 0 Å². The van der Waals surface area contributed by atoms with Crippen LogP contribution < -0.4 is 10.6 Å². The van der Waals surface area contributed by atoms with Gasteiger partial charge >= 0.3 is 29.0 Å². The molecule has 17 heteroatoms. The fourth-order valence-corrected chi connectivity index (χ4v) is 3.72. The first-order valence-electron chi connectivity index (χ1n) is 16.3. The van der Waals surface area contributed by atoms with Crippen LogP contribution in [0, 0.1) is 0 Å². The number of amides is 1. The van der Waals surface area contributed by atoms with Gasteiger partial charge in [0.1, 0.15) is 26.2 Å². The van der Waals surface area contributed by atoms with Gasteiger partial charge in [0.25, 0.3) is 0 Å². The van der Waals surface area contributed by atoms with Crippen LogP contribution in [0.2, 0.25) is 0 Å². The van der Waals surface area contributed by atoms with E-state index in [1.165, 1.54) is 0 Å². The molecule has 0 bridgehead atoms. The number of quaternary nitrogens is 1. The fraction of sp³-hybridized carbons (Fsp3) is 0.625. The molecule has 1 aromatic carbocycles. The van der Waals surface area contributed by atoms with Crippen LogP contribution >= 0.6 is 0 Å². The summed E-state index contributed by atoms with van der Waals surface area (Å²) in [5.41, 5.74) is 0.706. The van der Waals surface area contributed by atoms with E-state index in [2.05, 4.69) is 10.6 Å². The van der Waals surface area contributed by atoms with E-state index >= 15 is 0 Å². The Morgan fingerprint density at radius 2 is 1.31 bits per heavy atom. The molecule has 0 saturated heterocycles. The monoisotopic (exact) mass is 697 g/mol. The minimum Gasteiger partial charge on any atom is -0.455 e. The van der Waals surface area contributed by atoms with E-state index in [4.69, 9.17) is 24.1 Å². The number of likely N-dealkylation sites (N-methyl/N-ethyl adjacent to an activating group) is 4. The van der Waals surface area contributed by atoms with E-state index in [9.17, 15) is 28.8 Å². The van der Waals surface area contributed by atoms with Crippen LogP contribution in [-0.4, -0.2) is 142 Å². The van der Waals surface area contributed by atoms with Gasteiger partial charge in [-0.05, 0) is 52.9 Å². The largest absolute Gasteiger partial charge is 0.455 e. The second-order valence-corrected chi connectivity index (χ2v) is 11.1. The van der Waals surface area contributed by atoms with Gasteiger partial charge in [0.05, 0.1) is 6.54 Å². The van der Waals surface area contributed by atoms with Crippen molar-refractivity contribution >= 4 is 35.6 Å². The zero-order valence-electron chi connectivity index (χ0n) is 29.7. The Labute approximate surface area is 288 Å². The molecule has 1 unspecified atom stereocenters. The molecule has 0 radical (unpaired) electrons. The van der Waals surface area contributed by atoms with E-state index in [1.54, 1.807) is 73.1 Å². The Hall–Kier alpha value is -4.00. The maximum atomic E-state index is 13.0. The average molecular weight is 698 g/mol. The van der Waals surface area contributed by atoms with Crippen molar-refractivity contribution in [3.8, 4) is 0 Å². The minimum absolute atomic E-state index is 0.0745. The molecule has 0 aromatic heterocycles. The van der Waals surface area contributed by atoms with Gasteiger partial charge in [0.2, 0.25) is 11.7 Å².